The number of aryl methyl sites for hydroxylation is 1. The molecule has 2 heterocycles. The molecule has 1 spiro atoms. The van der Waals surface area contributed by atoms with Crippen LogP contribution >= 0.6 is 11.8 Å². The van der Waals surface area contributed by atoms with Gasteiger partial charge in [0, 0.05) is 36.6 Å². The quantitative estimate of drug-likeness (QED) is 0.857. The van der Waals surface area contributed by atoms with Crippen molar-refractivity contribution in [2.24, 2.45) is 0 Å². The van der Waals surface area contributed by atoms with Gasteiger partial charge in [-0.15, -0.1) is 0 Å². The van der Waals surface area contributed by atoms with E-state index in [9.17, 15) is 4.79 Å². The SMILES string of the molecule is Cc1ccccc1NC(=O)C[C@H](C)N[C@H]1CCO[C@]2(CCSC2)C1. The Hall–Kier alpha value is -1.04. The minimum Gasteiger partial charge on any atom is -0.374 e. The largest absolute Gasteiger partial charge is 0.374 e. The average Bonchev–Trinajstić information content (AvgIpc) is 2.97. The van der Waals surface area contributed by atoms with Crippen LogP contribution in [0.15, 0.2) is 24.3 Å². The molecule has 3 atom stereocenters. The van der Waals surface area contributed by atoms with Gasteiger partial charge in [0.05, 0.1) is 5.60 Å². The number of hydrogen-bond donors (Lipinski definition) is 2. The first-order valence-corrected chi connectivity index (χ1v) is 10.0. The molecule has 0 aliphatic carbocycles. The highest BCUT2D eigenvalue weighted by Crippen LogP contribution is 2.38. The molecule has 1 aromatic rings. The number of para-hydroxylation sites is 1. The van der Waals surface area contributed by atoms with Crippen LogP contribution in [0.25, 0.3) is 0 Å². The van der Waals surface area contributed by atoms with E-state index in [4.69, 9.17) is 4.74 Å². The zero-order valence-electron chi connectivity index (χ0n) is 14.6. The lowest BCUT2D eigenvalue weighted by molar-refractivity contribution is -0.116. The van der Waals surface area contributed by atoms with Crippen molar-refractivity contribution >= 4 is 23.4 Å². The third kappa shape index (κ3) is 4.52. The van der Waals surface area contributed by atoms with E-state index < -0.39 is 0 Å². The number of carbonyl (C=O) groups excluding carboxylic acids is 1. The van der Waals surface area contributed by atoms with Crippen LogP contribution in [-0.2, 0) is 9.53 Å². The summed E-state index contributed by atoms with van der Waals surface area (Å²) in [7, 11) is 0. The molecule has 0 bridgehead atoms. The summed E-state index contributed by atoms with van der Waals surface area (Å²) >= 11 is 2.00. The van der Waals surface area contributed by atoms with Gasteiger partial charge in [0.2, 0.25) is 5.91 Å². The standard InChI is InChI=1S/C19H28N2O2S/c1-14-5-3-4-6-17(14)21-18(22)11-15(2)20-16-7-9-23-19(12-16)8-10-24-13-19/h3-6,15-16,20H,7-13H2,1-2H3,(H,21,22)/t15-,16-,19+/m0/s1. The number of anilines is 1. The van der Waals surface area contributed by atoms with Crippen molar-refractivity contribution in [2.45, 2.75) is 57.2 Å². The van der Waals surface area contributed by atoms with Crippen LogP contribution in [0.5, 0.6) is 0 Å². The monoisotopic (exact) mass is 348 g/mol. The molecule has 2 N–H and O–H groups in total. The highest BCUT2D eigenvalue weighted by molar-refractivity contribution is 7.99. The summed E-state index contributed by atoms with van der Waals surface area (Å²) in [5, 5.41) is 6.67. The van der Waals surface area contributed by atoms with Crippen LogP contribution in [0.1, 0.15) is 38.2 Å². The molecular weight excluding hydrogens is 320 g/mol. The first-order valence-electron chi connectivity index (χ1n) is 8.90. The number of hydrogen-bond acceptors (Lipinski definition) is 4. The predicted octanol–water partition coefficient (Wildman–Crippen LogP) is 3.36. The van der Waals surface area contributed by atoms with Crippen molar-refractivity contribution in [3.63, 3.8) is 0 Å². The lowest BCUT2D eigenvalue weighted by atomic mass is 9.89. The molecule has 2 aliphatic heterocycles. The molecule has 3 rings (SSSR count). The van der Waals surface area contributed by atoms with Gasteiger partial charge in [-0.1, -0.05) is 18.2 Å². The minimum absolute atomic E-state index is 0.0718. The molecule has 0 aromatic heterocycles. The molecule has 2 aliphatic rings. The number of amides is 1. The van der Waals surface area contributed by atoms with E-state index in [0.29, 0.717) is 12.5 Å². The Morgan fingerprint density at radius 1 is 1.46 bits per heavy atom. The molecule has 24 heavy (non-hydrogen) atoms. The van der Waals surface area contributed by atoms with Gasteiger partial charge in [-0.25, -0.2) is 0 Å². The first kappa shape index (κ1) is 17.8. The van der Waals surface area contributed by atoms with E-state index in [-0.39, 0.29) is 17.6 Å². The zero-order valence-corrected chi connectivity index (χ0v) is 15.5. The fourth-order valence-corrected chi connectivity index (χ4v) is 5.07. The van der Waals surface area contributed by atoms with Crippen LogP contribution in [0.2, 0.25) is 0 Å². The summed E-state index contributed by atoms with van der Waals surface area (Å²) in [5.41, 5.74) is 2.09. The summed E-state index contributed by atoms with van der Waals surface area (Å²) in [5.74, 6) is 2.40. The summed E-state index contributed by atoms with van der Waals surface area (Å²) < 4.78 is 6.07. The summed E-state index contributed by atoms with van der Waals surface area (Å²) in [6.45, 7) is 4.95. The summed E-state index contributed by atoms with van der Waals surface area (Å²) in [6, 6.07) is 8.52. The lowest BCUT2D eigenvalue weighted by Gasteiger charge is -2.39. The van der Waals surface area contributed by atoms with Gasteiger partial charge >= 0.3 is 0 Å². The lowest BCUT2D eigenvalue weighted by Crippen LogP contribution is -2.49. The van der Waals surface area contributed by atoms with Gasteiger partial charge in [0.1, 0.15) is 0 Å². The number of nitrogens with one attached hydrogen (secondary N) is 2. The maximum Gasteiger partial charge on any atom is 0.225 e. The minimum atomic E-state index is 0.0718. The van der Waals surface area contributed by atoms with E-state index in [1.165, 1.54) is 5.75 Å². The topological polar surface area (TPSA) is 50.4 Å². The summed E-state index contributed by atoms with van der Waals surface area (Å²) in [6.07, 6.45) is 3.77. The second kappa shape index (κ2) is 7.89. The molecular formula is C19H28N2O2S. The van der Waals surface area contributed by atoms with Gasteiger partial charge < -0.3 is 15.4 Å². The van der Waals surface area contributed by atoms with E-state index in [2.05, 4.69) is 17.6 Å². The van der Waals surface area contributed by atoms with Gasteiger partial charge in [0.15, 0.2) is 0 Å². The number of thioether (sulfide) groups is 1. The number of carbonyl (C=O) groups is 1. The number of ether oxygens (including phenoxy) is 1. The molecule has 5 heteroatoms. The van der Waals surface area contributed by atoms with E-state index in [1.54, 1.807) is 0 Å². The number of benzene rings is 1. The Morgan fingerprint density at radius 2 is 2.29 bits per heavy atom. The average molecular weight is 349 g/mol. The predicted molar refractivity (Wildman–Crippen MR) is 101 cm³/mol. The van der Waals surface area contributed by atoms with Gasteiger partial charge in [-0.2, -0.15) is 11.8 Å². The highest BCUT2D eigenvalue weighted by Gasteiger charge is 2.40. The Bertz CT molecular complexity index is 572. The van der Waals surface area contributed by atoms with E-state index in [0.717, 1.165) is 42.9 Å². The van der Waals surface area contributed by atoms with Crippen molar-refractivity contribution in [2.75, 3.05) is 23.4 Å². The molecule has 132 valence electrons. The first-order chi connectivity index (χ1) is 11.6. The van der Waals surface area contributed by atoms with Crippen molar-refractivity contribution in [1.29, 1.82) is 0 Å². The maximum absolute atomic E-state index is 12.3. The Balaban J connectivity index is 1.47. The van der Waals surface area contributed by atoms with Crippen LogP contribution in [0.4, 0.5) is 5.69 Å². The Kier molecular flexibility index (Phi) is 5.85. The molecule has 0 unspecified atom stereocenters. The van der Waals surface area contributed by atoms with E-state index in [1.807, 2.05) is 43.0 Å². The molecule has 1 aromatic carbocycles. The second-order valence-electron chi connectivity index (χ2n) is 7.16. The molecule has 2 fully saturated rings. The van der Waals surface area contributed by atoms with Crippen molar-refractivity contribution in [1.82, 2.24) is 5.32 Å². The zero-order chi connectivity index (χ0) is 17.0. The fourth-order valence-electron chi connectivity index (χ4n) is 3.69. The Labute approximate surface area is 149 Å². The fraction of sp³-hybridized carbons (Fsp3) is 0.632. The smallest absolute Gasteiger partial charge is 0.225 e. The van der Waals surface area contributed by atoms with Crippen LogP contribution in [0.3, 0.4) is 0 Å². The van der Waals surface area contributed by atoms with Gasteiger partial charge in [-0.3, -0.25) is 4.79 Å². The van der Waals surface area contributed by atoms with Crippen molar-refractivity contribution in [3.05, 3.63) is 29.8 Å². The Morgan fingerprint density at radius 3 is 3.04 bits per heavy atom. The van der Waals surface area contributed by atoms with Crippen molar-refractivity contribution in [3.8, 4) is 0 Å². The van der Waals surface area contributed by atoms with Crippen LogP contribution in [-0.4, -0.2) is 41.7 Å². The van der Waals surface area contributed by atoms with Crippen LogP contribution < -0.4 is 10.6 Å². The summed E-state index contributed by atoms with van der Waals surface area (Å²) in [4.78, 5) is 12.3. The second-order valence-corrected chi connectivity index (χ2v) is 8.26. The molecule has 4 nitrogen and oxygen atoms in total. The van der Waals surface area contributed by atoms with E-state index >= 15 is 0 Å². The van der Waals surface area contributed by atoms with Gasteiger partial charge in [0.25, 0.3) is 0 Å². The van der Waals surface area contributed by atoms with Gasteiger partial charge in [-0.05, 0) is 50.5 Å². The third-order valence-electron chi connectivity index (χ3n) is 4.99. The number of rotatable bonds is 5. The highest BCUT2D eigenvalue weighted by atomic mass is 32.2. The normalized spacial score (nSPS) is 28.0. The van der Waals surface area contributed by atoms with Crippen molar-refractivity contribution < 1.29 is 9.53 Å². The maximum atomic E-state index is 12.3. The molecule has 0 saturated carbocycles. The van der Waals surface area contributed by atoms with Crippen LogP contribution in [0, 0.1) is 6.92 Å². The molecule has 1 amide bonds. The molecule has 0 radical (unpaired) electrons. The third-order valence-corrected chi connectivity index (χ3v) is 6.21. The molecule has 2 saturated heterocycles.